The van der Waals surface area contributed by atoms with Crippen molar-refractivity contribution in [3.05, 3.63) is 70.8 Å². The molecule has 3 amide bonds. The molecule has 118 valence electrons. The standard InChI is InChI=1S/C19H20N2O2/c1-13-9-10-14(2)15(11-13)12-21-17(22)19(3,20-18(21)23)16-7-5-4-6-8-16/h4-11H,12H2,1-3H3,(H,20,23)/t19-/m1/s1. The summed E-state index contributed by atoms with van der Waals surface area (Å²) in [6.07, 6.45) is 0. The number of rotatable bonds is 3. The third-order valence-corrected chi connectivity index (χ3v) is 4.46. The second kappa shape index (κ2) is 5.54. The van der Waals surface area contributed by atoms with Crippen LogP contribution in [0.2, 0.25) is 0 Å². The topological polar surface area (TPSA) is 49.4 Å². The van der Waals surface area contributed by atoms with Crippen molar-refractivity contribution in [3.63, 3.8) is 0 Å². The van der Waals surface area contributed by atoms with Crippen molar-refractivity contribution < 1.29 is 9.59 Å². The summed E-state index contributed by atoms with van der Waals surface area (Å²) in [7, 11) is 0. The first kappa shape index (κ1) is 15.3. The molecule has 1 aliphatic rings. The van der Waals surface area contributed by atoms with Crippen LogP contribution in [0.15, 0.2) is 48.5 Å². The van der Waals surface area contributed by atoms with Gasteiger partial charge in [0, 0.05) is 0 Å². The molecule has 0 radical (unpaired) electrons. The minimum absolute atomic E-state index is 0.213. The zero-order valence-corrected chi connectivity index (χ0v) is 13.6. The Hall–Kier alpha value is -2.62. The Morgan fingerprint density at radius 3 is 2.43 bits per heavy atom. The summed E-state index contributed by atoms with van der Waals surface area (Å²) < 4.78 is 0. The number of hydrogen-bond donors (Lipinski definition) is 1. The van der Waals surface area contributed by atoms with Crippen LogP contribution in [0.1, 0.15) is 29.2 Å². The van der Waals surface area contributed by atoms with Gasteiger partial charge in [0.15, 0.2) is 0 Å². The normalized spacial score (nSPS) is 20.7. The van der Waals surface area contributed by atoms with E-state index in [1.807, 2.05) is 62.4 Å². The van der Waals surface area contributed by atoms with Crippen molar-refractivity contribution in [2.75, 3.05) is 0 Å². The second-order valence-corrected chi connectivity index (χ2v) is 6.24. The summed E-state index contributed by atoms with van der Waals surface area (Å²) in [6, 6.07) is 15.1. The average molecular weight is 308 g/mol. The molecule has 4 nitrogen and oxygen atoms in total. The number of amides is 3. The first-order valence-corrected chi connectivity index (χ1v) is 7.67. The molecule has 3 rings (SSSR count). The van der Waals surface area contributed by atoms with E-state index in [1.54, 1.807) is 6.92 Å². The SMILES string of the molecule is Cc1ccc(C)c(CN2C(=O)N[C@](C)(c3ccccc3)C2=O)c1. The van der Waals surface area contributed by atoms with Gasteiger partial charge in [0.05, 0.1) is 6.54 Å². The molecular weight excluding hydrogens is 288 g/mol. The van der Waals surface area contributed by atoms with Gasteiger partial charge in [-0.05, 0) is 37.5 Å². The van der Waals surface area contributed by atoms with Crippen LogP contribution in [0.4, 0.5) is 4.79 Å². The third-order valence-electron chi connectivity index (χ3n) is 4.46. The maximum Gasteiger partial charge on any atom is 0.325 e. The van der Waals surface area contributed by atoms with Gasteiger partial charge in [-0.15, -0.1) is 0 Å². The van der Waals surface area contributed by atoms with Crippen LogP contribution in [0, 0.1) is 13.8 Å². The average Bonchev–Trinajstić information content (AvgIpc) is 2.76. The van der Waals surface area contributed by atoms with Gasteiger partial charge in [0.25, 0.3) is 5.91 Å². The molecule has 23 heavy (non-hydrogen) atoms. The fraction of sp³-hybridized carbons (Fsp3) is 0.263. The van der Waals surface area contributed by atoms with Crippen LogP contribution in [-0.4, -0.2) is 16.8 Å². The molecule has 2 aromatic rings. The van der Waals surface area contributed by atoms with E-state index in [-0.39, 0.29) is 11.9 Å². The first-order valence-electron chi connectivity index (χ1n) is 7.67. The summed E-state index contributed by atoms with van der Waals surface area (Å²) in [5.74, 6) is -0.213. The van der Waals surface area contributed by atoms with Gasteiger partial charge >= 0.3 is 6.03 Å². The van der Waals surface area contributed by atoms with Crippen molar-refractivity contribution >= 4 is 11.9 Å². The fourth-order valence-electron chi connectivity index (χ4n) is 2.95. The van der Waals surface area contributed by atoms with Crippen molar-refractivity contribution in [3.8, 4) is 0 Å². The maximum atomic E-state index is 12.9. The van der Waals surface area contributed by atoms with E-state index in [9.17, 15) is 9.59 Å². The third kappa shape index (κ3) is 2.61. The lowest BCUT2D eigenvalue weighted by atomic mass is 9.92. The van der Waals surface area contributed by atoms with E-state index in [4.69, 9.17) is 0 Å². The Bertz CT molecular complexity index is 770. The Morgan fingerprint density at radius 1 is 1.04 bits per heavy atom. The molecule has 1 atom stereocenters. The molecular formula is C19H20N2O2. The molecule has 4 heteroatoms. The molecule has 1 N–H and O–H groups in total. The largest absolute Gasteiger partial charge is 0.325 e. The number of benzene rings is 2. The Labute approximate surface area is 136 Å². The number of urea groups is 1. The molecule has 0 saturated carbocycles. The van der Waals surface area contributed by atoms with E-state index >= 15 is 0 Å². The van der Waals surface area contributed by atoms with Gasteiger partial charge in [0.1, 0.15) is 5.54 Å². The van der Waals surface area contributed by atoms with Gasteiger partial charge in [-0.25, -0.2) is 4.79 Å². The van der Waals surface area contributed by atoms with Crippen LogP contribution in [0.25, 0.3) is 0 Å². The summed E-state index contributed by atoms with van der Waals surface area (Å²) in [5.41, 5.74) is 2.97. The van der Waals surface area contributed by atoms with Crippen molar-refractivity contribution in [1.29, 1.82) is 0 Å². The molecule has 0 bridgehead atoms. The zero-order valence-electron chi connectivity index (χ0n) is 13.6. The smallest absolute Gasteiger partial charge is 0.319 e. The molecule has 0 aliphatic carbocycles. The lowest BCUT2D eigenvalue weighted by Crippen LogP contribution is -2.40. The quantitative estimate of drug-likeness (QED) is 0.885. The minimum Gasteiger partial charge on any atom is -0.319 e. The van der Waals surface area contributed by atoms with Crippen LogP contribution in [-0.2, 0) is 16.9 Å². The number of nitrogens with one attached hydrogen (secondary N) is 1. The van der Waals surface area contributed by atoms with Crippen molar-refractivity contribution in [1.82, 2.24) is 10.2 Å². The Morgan fingerprint density at radius 2 is 1.74 bits per heavy atom. The lowest BCUT2D eigenvalue weighted by molar-refractivity contribution is -0.131. The molecule has 2 aromatic carbocycles. The lowest BCUT2D eigenvalue weighted by Gasteiger charge is -2.22. The first-order chi connectivity index (χ1) is 10.9. The number of nitrogens with zero attached hydrogens (tertiary/aromatic N) is 1. The zero-order chi connectivity index (χ0) is 16.6. The highest BCUT2D eigenvalue weighted by Gasteiger charge is 2.48. The number of carbonyl (C=O) groups is 2. The summed E-state index contributed by atoms with van der Waals surface area (Å²) in [6.45, 7) is 6.04. The highest BCUT2D eigenvalue weighted by molar-refractivity contribution is 6.07. The van der Waals surface area contributed by atoms with E-state index in [2.05, 4.69) is 5.32 Å². The summed E-state index contributed by atoms with van der Waals surface area (Å²) >= 11 is 0. The fourth-order valence-corrected chi connectivity index (χ4v) is 2.95. The Kier molecular flexibility index (Phi) is 3.68. The highest BCUT2D eigenvalue weighted by Crippen LogP contribution is 2.30. The predicted molar refractivity (Wildman–Crippen MR) is 88.8 cm³/mol. The molecule has 1 heterocycles. The molecule has 0 spiro atoms. The molecule has 1 saturated heterocycles. The van der Waals surface area contributed by atoms with Crippen LogP contribution in [0.5, 0.6) is 0 Å². The summed E-state index contributed by atoms with van der Waals surface area (Å²) in [5, 5.41) is 2.84. The predicted octanol–water partition coefficient (Wildman–Crippen LogP) is 3.27. The highest BCUT2D eigenvalue weighted by atomic mass is 16.2. The second-order valence-electron chi connectivity index (χ2n) is 6.24. The van der Waals surface area contributed by atoms with Gasteiger partial charge in [0.2, 0.25) is 0 Å². The number of aryl methyl sites for hydroxylation is 2. The number of hydrogen-bond acceptors (Lipinski definition) is 2. The van der Waals surface area contributed by atoms with Crippen LogP contribution in [0.3, 0.4) is 0 Å². The van der Waals surface area contributed by atoms with E-state index < -0.39 is 5.54 Å². The number of imide groups is 1. The van der Waals surface area contributed by atoms with E-state index in [1.165, 1.54) is 4.90 Å². The van der Waals surface area contributed by atoms with Crippen LogP contribution < -0.4 is 5.32 Å². The molecule has 1 fully saturated rings. The Balaban J connectivity index is 1.92. The molecule has 0 aromatic heterocycles. The summed E-state index contributed by atoms with van der Waals surface area (Å²) in [4.78, 5) is 26.5. The van der Waals surface area contributed by atoms with Gasteiger partial charge in [-0.2, -0.15) is 0 Å². The van der Waals surface area contributed by atoms with Gasteiger partial charge in [-0.1, -0.05) is 54.1 Å². The number of carbonyl (C=O) groups excluding carboxylic acids is 2. The molecule has 1 aliphatic heterocycles. The van der Waals surface area contributed by atoms with E-state index in [0.717, 1.165) is 22.3 Å². The maximum absolute atomic E-state index is 12.9. The van der Waals surface area contributed by atoms with Crippen molar-refractivity contribution in [2.24, 2.45) is 0 Å². The molecule has 0 unspecified atom stereocenters. The van der Waals surface area contributed by atoms with Crippen LogP contribution >= 0.6 is 0 Å². The van der Waals surface area contributed by atoms with Gasteiger partial charge in [-0.3, -0.25) is 9.69 Å². The van der Waals surface area contributed by atoms with Crippen molar-refractivity contribution in [2.45, 2.75) is 32.9 Å². The van der Waals surface area contributed by atoms with E-state index in [0.29, 0.717) is 6.54 Å². The monoisotopic (exact) mass is 308 g/mol. The van der Waals surface area contributed by atoms with Gasteiger partial charge < -0.3 is 5.32 Å². The minimum atomic E-state index is -1.00.